The van der Waals surface area contributed by atoms with Crippen molar-refractivity contribution in [2.75, 3.05) is 19.6 Å². The van der Waals surface area contributed by atoms with E-state index in [4.69, 9.17) is 16.9 Å². The van der Waals surface area contributed by atoms with E-state index >= 15 is 0 Å². The van der Waals surface area contributed by atoms with Crippen LogP contribution in [-0.4, -0.2) is 57.5 Å². The summed E-state index contributed by atoms with van der Waals surface area (Å²) in [6.45, 7) is 24.8. The number of hydrogen-bond donors (Lipinski definition) is 1. The van der Waals surface area contributed by atoms with E-state index in [2.05, 4.69) is 42.5 Å². The molecule has 0 aliphatic carbocycles. The molecule has 0 atom stereocenters. The molecule has 1 aliphatic rings. The van der Waals surface area contributed by atoms with Crippen LogP contribution in [0.25, 0.3) is 0 Å². The van der Waals surface area contributed by atoms with Crippen molar-refractivity contribution < 1.29 is 18.3 Å². The molecule has 0 saturated carbocycles. The van der Waals surface area contributed by atoms with E-state index in [0.29, 0.717) is 24.2 Å². The molecular weight excluding hydrogens is 633 g/mol. The van der Waals surface area contributed by atoms with Gasteiger partial charge in [-0.15, -0.1) is 0 Å². The highest BCUT2D eigenvalue weighted by Crippen LogP contribution is 2.24. The Hall–Kier alpha value is -2.60. The molecule has 3 rings (SSSR count). The number of pyridine rings is 1. The molecule has 1 N–H and O–H groups in total. The zero-order valence-corrected chi connectivity index (χ0v) is 32.4. The number of aromatic nitrogens is 1. The molecule has 1 aromatic carbocycles. The normalized spacial score (nSPS) is 13.0. The van der Waals surface area contributed by atoms with Gasteiger partial charge < -0.3 is 5.11 Å². The van der Waals surface area contributed by atoms with E-state index in [1.54, 1.807) is 12.1 Å². The highest BCUT2D eigenvalue weighted by Gasteiger charge is 2.28. The molecule has 0 unspecified atom stereocenters. The zero-order valence-electron chi connectivity index (χ0n) is 31.6. The molecule has 274 valence electrons. The summed E-state index contributed by atoms with van der Waals surface area (Å²) in [6.07, 6.45) is 10.3. The third-order valence-corrected chi connectivity index (χ3v) is 8.20. The van der Waals surface area contributed by atoms with Crippen molar-refractivity contribution in [2.24, 2.45) is 0 Å². The molecule has 9 heteroatoms. The smallest absolute Gasteiger partial charge is 0.245 e. The number of hydrogen-bond acceptors (Lipinski definition) is 5. The molecule has 2 heterocycles. The third-order valence-electron chi connectivity index (χ3n) is 7.81. The van der Waals surface area contributed by atoms with Crippen LogP contribution in [-0.2, 0) is 13.0 Å². The number of phenolic OH excluding ortho intramolecular Hbond substituents is 1. The van der Waals surface area contributed by atoms with Gasteiger partial charge in [-0.1, -0.05) is 71.7 Å². The molecule has 48 heavy (non-hydrogen) atoms. The summed E-state index contributed by atoms with van der Waals surface area (Å²) in [5.74, 6) is -2.77. The first kappa shape index (κ1) is 47.5. The van der Waals surface area contributed by atoms with E-state index in [0.717, 1.165) is 55.6 Å². The molecule has 5 nitrogen and oxygen atoms in total. The molecule has 0 amide bonds. The summed E-state index contributed by atoms with van der Waals surface area (Å²) in [5.41, 5.74) is 3.82. The monoisotopic (exact) mass is 696 g/mol. The maximum atomic E-state index is 13.9. The van der Waals surface area contributed by atoms with Gasteiger partial charge in [-0.3, -0.25) is 14.8 Å². The minimum absolute atomic E-state index is 0.00432. The highest BCUT2D eigenvalue weighted by atomic mass is 35.5. The van der Waals surface area contributed by atoms with E-state index in [-0.39, 0.29) is 18.0 Å². The molecule has 0 bridgehead atoms. The van der Waals surface area contributed by atoms with E-state index < -0.39 is 5.92 Å². The Balaban J connectivity index is 0. The van der Waals surface area contributed by atoms with Gasteiger partial charge in [-0.05, 0) is 104 Å². The summed E-state index contributed by atoms with van der Waals surface area (Å²) in [7, 11) is 0. The van der Waals surface area contributed by atoms with Gasteiger partial charge in [0.2, 0.25) is 5.92 Å². The Kier molecular flexibility index (Phi) is 27.0. The molecule has 2 aromatic rings. The lowest BCUT2D eigenvalue weighted by Gasteiger charge is -2.42. The van der Waals surface area contributed by atoms with Crippen molar-refractivity contribution in [1.82, 2.24) is 14.8 Å². The number of rotatable bonds is 10. The first-order chi connectivity index (χ1) is 22.7. The minimum atomic E-state index is -2.46. The maximum Gasteiger partial charge on any atom is 0.245 e. The fraction of sp³-hybridized carbons (Fsp3) is 0.641. The average Bonchev–Trinajstić information content (AvgIpc) is 3.05. The second kappa shape index (κ2) is 27.2. The summed E-state index contributed by atoms with van der Waals surface area (Å²) in [4.78, 5) is 9.17. The van der Waals surface area contributed by atoms with Gasteiger partial charge in [0.05, 0.1) is 16.8 Å². The first-order valence-corrected chi connectivity index (χ1v) is 18.0. The zero-order chi connectivity index (χ0) is 37.3. The van der Waals surface area contributed by atoms with Crippen molar-refractivity contribution in [1.29, 1.82) is 5.26 Å². The van der Waals surface area contributed by atoms with Crippen molar-refractivity contribution in [3.05, 3.63) is 69.8 Å². The summed E-state index contributed by atoms with van der Waals surface area (Å²) >= 11 is 5.83. The van der Waals surface area contributed by atoms with Gasteiger partial charge in [0.25, 0.3) is 0 Å². The molecule has 0 radical (unpaired) electrons. The van der Waals surface area contributed by atoms with Crippen LogP contribution in [0.15, 0.2) is 42.1 Å². The number of alkyl halides is 2. The van der Waals surface area contributed by atoms with Crippen LogP contribution < -0.4 is 0 Å². The Morgan fingerprint density at radius 1 is 1.12 bits per heavy atom. The quantitative estimate of drug-likeness (QED) is 0.251. The SMILES string of the molecule is CC.CC(C)=CC#N.CCC(C)(F)F.CCCN(C(CC)CC)C1CCN(Cc2ccc(O)cc2F)CC1.CCc1cnc(C)c(Cl)c1. The minimum Gasteiger partial charge on any atom is -0.508 e. The molecule has 1 fully saturated rings. The topological polar surface area (TPSA) is 63.4 Å². The Labute approximate surface area is 296 Å². The van der Waals surface area contributed by atoms with Gasteiger partial charge in [0, 0.05) is 49.0 Å². The standard InChI is InChI=1S/C20H33FN2O.C8H10ClN.C5H7N.C4H8F2.C2H6/c1-4-11-23(17(5-2)6-3)18-9-12-22(13-10-18)15-16-7-8-19(24)14-20(16)21;1-3-7-4-8(9)6(2)10-5-7;1-5(2)3-4-6;1-3-4(2,5)6;1-2/h7-8,14,17-18,24H,4-6,9-13,15H2,1-3H3;4-5H,3H2,1-2H3;3H,1-2H3;3H2,1-2H3;1-2H3. The number of nitriles is 1. The van der Waals surface area contributed by atoms with Gasteiger partial charge in [-0.2, -0.15) is 5.26 Å². The van der Waals surface area contributed by atoms with Crippen LogP contribution in [0.3, 0.4) is 0 Å². The molecule has 1 aliphatic heterocycles. The van der Waals surface area contributed by atoms with E-state index in [1.807, 2.05) is 53.0 Å². The predicted molar refractivity (Wildman–Crippen MR) is 198 cm³/mol. The van der Waals surface area contributed by atoms with Gasteiger partial charge in [-0.25, -0.2) is 13.2 Å². The Morgan fingerprint density at radius 3 is 2.06 bits per heavy atom. The Morgan fingerprint density at radius 2 is 1.69 bits per heavy atom. The number of phenols is 1. The summed E-state index contributed by atoms with van der Waals surface area (Å²) in [6, 6.07) is 9.70. The average molecular weight is 697 g/mol. The van der Waals surface area contributed by atoms with Gasteiger partial charge in [0.15, 0.2) is 0 Å². The van der Waals surface area contributed by atoms with Crippen LogP contribution in [0.2, 0.25) is 5.02 Å². The first-order valence-electron chi connectivity index (χ1n) is 17.6. The molecule has 0 spiro atoms. The number of benzene rings is 1. The van der Waals surface area contributed by atoms with E-state index in [1.165, 1.54) is 50.4 Å². The van der Waals surface area contributed by atoms with Crippen LogP contribution >= 0.6 is 11.6 Å². The number of nitrogens with zero attached hydrogens (tertiary/aromatic N) is 4. The predicted octanol–water partition coefficient (Wildman–Crippen LogP) is 11.6. The van der Waals surface area contributed by atoms with Crippen LogP contribution in [0.1, 0.15) is 125 Å². The number of halogens is 4. The maximum absolute atomic E-state index is 13.9. The molecule has 1 saturated heterocycles. The van der Waals surface area contributed by atoms with Gasteiger partial charge in [0.1, 0.15) is 11.6 Å². The lowest BCUT2D eigenvalue weighted by molar-refractivity contribution is 0.0181. The largest absolute Gasteiger partial charge is 0.508 e. The van der Waals surface area contributed by atoms with Crippen molar-refractivity contribution in [3.8, 4) is 11.8 Å². The number of piperidine rings is 1. The lowest BCUT2D eigenvalue weighted by atomic mass is 9.98. The number of likely N-dealkylation sites (tertiary alicyclic amines) is 1. The highest BCUT2D eigenvalue weighted by molar-refractivity contribution is 6.31. The second-order valence-electron chi connectivity index (χ2n) is 12.0. The Bertz CT molecular complexity index is 1180. The van der Waals surface area contributed by atoms with Crippen molar-refractivity contribution >= 4 is 11.6 Å². The van der Waals surface area contributed by atoms with Crippen molar-refractivity contribution in [2.45, 2.75) is 146 Å². The van der Waals surface area contributed by atoms with Crippen LogP contribution in [0.4, 0.5) is 13.2 Å². The third kappa shape index (κ3) is 21.4. The van der Waals surface area contributed by atoms with Gasteiger partial charge >= 0.3 is 0 Å². The van der Waals surface area contributed by atoms with Crippen LogP contribution in [0, 0.1) is 24.1 Å². The molecular formula is C39H64ClF3N4O. The lowest BCUT2D eigenvalue weighted by Crippen LogP contribution is -2.49. The van der Waals surface area contributed by atoms with E-state index in [9.17, 15) is 18.3 Å². The van der Waals surface area contributed by atoms with Crippen LogP contribution in [0.5, 0.6) is 5.75 Å². The second-order valence-corrected chi connectivity index (χ2v) is 12.4. The number of allylic oxidation sites excluding steroid dienone is 2. The summed E-state index contributed by atoms with van der Waals surface area (Å²) in [5, 5.41) is 18.0. The fourth-order valence-corrected chi connectivity index (χ4v) is 5.05. The fourth-order valence-electron chi connectivity index (χ4n) is 4.86. The number of aryl methyl sites for hydroxylation is 2. The number of aromatic hydroxyl groups is 1. The summed E-state index contributed by atoms with van der Waals surface area (Å²) < 4.78 is 36.8. The van der Waals surface area contributed by atoms with Crippen molar-refractivity contribution in [3.63, 3.8) is 0 Å². The molecule has 1 aromatic heterocycles.